The summed E-state index contributed by atoms with van der Waals surface area (Å²) in [5, 5.41) is 0. The number of benzene rings is 3. The van der Waals surface area contributed by atoms with Gasteiger partial charge in [0.05, 0.1) is 0 Å². The van der Waals surface area contributed by atoms with Gasteiger partial charge in [-0.3, -0.25) is 0 Å². The minimum absolute atomic E-state index is 0.172. The summed E-state index contributed by atoms with van der Waals surface area (Å²) in [6.45, 7) is 0. The third-order valence-electron chi connectivity index (χ3n) is 3.57. The van der Waals surface area contributed by atoms with E-state index in [0.717, 1.165) is 36.4 Å². The Morgan fingerprint density at radius 2 is 0.920 bits per heavy atom. The molecular formula is C18H10ClF5S. The topological polar surface area (TPSA) is 0 Å². The maximum absolute atomic E-state index is 13.7. The van der Waals surface area contributed by atoms with E-state index in [2.05, 4.69) is 0 Å². The van der Waals surface area contributed by atoms with E-state index in [1.54, 1.807) is 0 Å². The maximum Gasteiger partial charge on any atom is 0.159 e. The summed E-state index contributed by atoms with van der Waals surface area (Å²) in [5.74, 6) is -4.89. The highest BCUT2D eigenvalue weighted by molar-refractivity contribution is 8.51. The van der Waals surface area contributed by atoms with Gasteiger partial charge in [0.15, 0.2) is 23.3 Å². The molecule has 0 N–H and O–H groups in total. The van der Waals surface area contributed by atoms with Gasteiger partial charge in [-0.25, -0.2) is 22.0 Å². The molecule has 0 spiro atoms. The molecule has 0 amide bonds. The first-order valence-corrected chi connectivity index (χ1v) is 9.47. The van der Waals surface area contributed by atoms with Crippen molar-refractivity contribution in [2.24, 2.45) is 0 Å². The van der Waals surface area contributed by atoms with Gasteiger partial charge in [0, 0.05) is 14.7 Å². The van der Waals surface area contributed by atoms with Gasteiger partial charge < -0.3 is 0 Å². The predicted octanol–water partition coefficient (Wildman–Crippen LogP) is 6.82. The standard InChI is InChI=1S/C18H10ClF5S/c19-25(12-3-1-11(20)2-4-12,13-5-7-15(21)17(23)9-13)14-6-8-16(22)18(24)10-14/h1-10H. The van der Waals surface area contributed by atoms with Gasteiger partial charge in [-0.1, -0.05) is 19.9 Å². The number of hydrogen-bond donors (Lipinski definition) is 0. The van der Waals surface area contributed by atoms with E-state index in [1.165, 1.54) is 24.3 Å². The molecule has 0 aromatic heterocycles. The molecule has 0 aliphatic heterocycles. The highest BCUT2D eigenvalue weighted by Crippen LogP contribution is 2.72. The van der Waals surface area contributed by atoms with Crippen molar-refractivity contribution in [3.05, 3.63) is 89.7 Å². The van der Waals surface area contributed by atoms with E-state index in [4.69, 9.17) is 10.7 Å². The summed E-state index contributed by atoms with van der Waals surface area (Å²) < 4.78 is 67.3. The summed E-state index contributed by atoms with van der Waals surface area (Å²) in [6.07, 6.45) is 0. The average molecular weight is 389 g/mol. The highest BCUT2D eigenvalue weighted by Gasteiger charge is 2.30. The molecule has 0 atom stereocenters. The fourth-order valence-corrected chi connectivity index (χ4v) is 5.59. The van der Waals surface area contributed by atoms with Crippen LogP contribution in [0.15, 0.2) is 75.4 Å². The highest BCUT2D eigenvalue weighted by atomic mass is 35.7. The van der Waals surface area contributed by atoms with Crippen molar-refractivity contribution >= 4 is 19.9 Å². The zero-order valence-corrected chi connectivity index (χ0v) is 14.0. The van der Waals surface area contributed by atoms with E-state index in [0.29, 0.717) is 4.90 Å². The van der Waals surface area contributed by atoms with Gasteiger partial charge in [0.1, 0.15) is 5.82 Å². The van der Waals surface area contributed by atoms with Crippen LogP contribution in [0.1, 0.15) is 0 Å². The van der Waals surface area contributed by atoms with Gasteiger partial charge in [-0.05, 0) is 60.7 Å². The molecule has 0 radical (unpaired) electrons. The molecular weight excluding hydrogens is 379 g/mol. The summed E-state index contributed by atoms with van der Waals surface area (Å²) in [7, 11) is 4.02. The third kappa shape index (κ3) is 3.24. The van der Waals surface area contributed by atoms with Crippen LogP contribution < -0.4 is 0 Å². The van der Waals surface area contributed by atoms with Crippen LogP contribution in [0.4, 0.5) is 22.0 Å². The van der Waals surface area contributed by atoms with Crippen LogP contribution in [-0.2, 0) is 0 Å². The average Bonchev–Trinajstić information content (AvgIpc) is 2.59. The van der Waals surface area contributed by atoms with E-state index < -0.39 is 38.3 Å². The van der Waals surface area contributed by atoms with Crippen LogP contribution in [0.3, 0.4) is 0 Å². The Balaban J connectivity index is 2.28. The Hall–Kier alpha value is -2.05. The normalized spacial score (nSPS) is 12.2. The van der Waals surface area contributed by atoms with E-state index >= 15 is 0 Å². The first kappa shape index (κ1) is 17.8. The minimum Gasteiger partial charge on any atom is -0.207 e. The van der Waals surface area contributed by atoms with Crippen molar-refractivity contribution in [2.45, 2.75) is 14.7 Å². The molecule has 0 heterocycles. The predicted molar refractivity (Wildman–Crippen MR) is 87.4 cm³/mol. The number of rotatable bonds is 3. The Morgan fingerprint density at radius 1 is 0.520 bits per heavy atom. The summed E-state index contributed by atoms with van der Waals surface area (Å²) in [4.78, 5) is 0.712. The number of hydrogen-bond acceptors (Lipinski definition) is 0. The molecule has 0 fully saturated rings. The second-order valence-corrected chi connectivity index (χ2v) is 9.02. The smallest absolute Gasteiger partial charge is 0.159 e. The Labute approximate surface area is 146 Å². The van der Waals surface area contributed by atoms with E-state index in [1.807, 2.05) is 0 Å². The van der Waals surface area contributed by atoms with Gasteiger partial charge in [-0.2, -0.15) is 0 Å². The van der Waals surface area contributed by atoms with Crippen LogP contribution in [0.25, 0.3) is 0 Å². The third-order valence-corrected chi connectivity index (χ3v) is 7.90. The van der Waals surface area contributed by atoms with Crippen molar-refractivity contribution in [1.82, 2.24) is 0 Å². The van der Waals surface area contributed by atoms with Crippen LogP contribution in [0.2, 0.25) is 0 Å². The molecule has 0 unspecified atom stereocenters. The van der Waals surface area contributed by atoms with Gasteiger partial charge in [-0.15, -0.1) is 0 Å². The van der Waals surface area contributed by atoms with Crippen LogP contribution in [-0.4, -0.2) is 0 Å². The molecule has 0 saturated carbocycles. The molecule has 0 bridgehead atoms. The molecule has 0 saturated heterocycles. The van der Waals surface area contributed by atoms with Crippen molar-refractivity contribution in [3.63, 3.8) is 0 Å². The van der Waals surface area contributed by atoms with E-state index in [9.17, 15) is 22.0 Å². The first-order valence-electron chi connectivity index (χ1n) is 7.01. The zero-order chi connectivity index (χ0) is 18.2. The second kappa shape index (κ2) is 6.69. The quantitative estimate of drug-likeness (QED) is 0.432. The molecule has 0 aliphatic rings. The molecule has 130 valence electrons. The molecule has 3 rings (SSSR count). The fraction of sp³-hybridized carbons (Fsp3) is 0. The van der Waals surface area contributed by atoms with Crippen molar-refractivity contribution in [2.75, 3.05) is 0 Å². The van der Waals surface area contributed by atoms with Gasteiger partial charge >= 0.3 is 0 Å². The molecule has 3 aromatic carbocycles. The maximum atomic E-state index is 13.7. The van der Waals surface area contributed by atoms with Crippen LogP contribution >= 0.6 is 19.9 Å². The monoisotopic (exact) mass is 388 g/mol. The number of halogens is 6. The Morgan fingerprint density at radius 3 is 1.32 bits per heavy atom. The summed E-state index contributed by atoms with van der Waals surface area (Å²) in [5.41, 5.74) is 0. The first-order chi connectivity index (χ1) is 11.8. The molecule has 3 aromatic rings. The van der Waals surface area contributed by atoms with Gasteiger partial charge in [0.25, 0.3) is 0 Å². The Kier molecular flexibility index (Phi) is 4.75. The van der Waals surface area contributed by atoms with Crippen molar-refractivity contribution in [1.29, 1.82) is 0 Å². The minimum atomic E-state index is -2.78. The van der Waals surface area contributed by atoms with Crippen molar-refractivity contribution < 1.29 is 22.0 Å². The molecule has 7 heteroatoms. The van der Waals surface area contributed by atoms with Crippen molar-refractivity contribution in [3.8, 4) is 0 Å². The lowest BCUT2D eigenvalue weighted by Crippen LogP contribution is -2.00. The molecule has 0 nitrogen and oxygen atoms in total. The molecule has 25 heavy (non-hydrogen) atoms. The lowest BCUT2D eigenvalue weighted by atomic mass is 10.3. The largest absolute Gasteiger partial charge is 0.207 e. The van der Waals surface area contributed by atoms with E-state index in [-0.39, 0.29) is 9.79 Å². The molecule has 0 aliphatic carbocycles. The fourth-order valence-electron chi connectivity index (χ4n) is 2.33. The lowest BCUT2D eigenvalue weighted by molar-refractivity contribution is 0.505. The lowest BCUT2D eigenvalue weighted by Gasteiger charge is -2.34. The van der Waals surface area contributed by atoms with Crippen LogP contribution in [0.5, 0.6) is 0 Å². The summed E-state index contributed by atoms with van der Waals surface area (Å²) >= 11 is 0. The second-order valence-electron chi connectivity index (χ2n) is 5.14. The SMILES string of the molecule is Fc1ccc(S(Cl)(c2ccc(F)c(F)c2)c2ccc(F)c(F)c2)cc1. The Bertz CT molecular complexity index is 876. The van der Waals surface area contributed by atoms with Crippen LogP contribution in [0, 0.1) is 29.1 Å². The van der Waals surface area contributed by atoms with Gasteiger partial charge in [0.2, 0.25) is 0 Å². The zero-order valence-electron chi connectivity index (χ0n) is 12.4. The summed E-state index contributed by atoms with van der Waals surface area (Å²) in [6, 6.07) is 11.2.